The zero-order valence-corrected chi connectivity index (χ0v) is 41.2. The minimum Gasteiger partial charge on any atom is -0.508 e. The Kier molecular flexibility index (Phi) is 12.5. The first-order valence-corrected chi connectivity index (χ1v) is 27.3. The van der Waals surface area contributed by atoms with Crippen molar-refractivity contribution in [2.45, 2.75) is 133 Å². The zero-order valence-electron chi connectivity index (χ0n) is 39.6. The standard InChI is InChI=1S/C55H64N4O7S2/c1-5-32-20-33-18-30-16-17-55(23-30)24-34-21-36(61)22-45(63-4)47(34)39-13-12-38-42(26-64-29(2)60)51(66-52(38)49(39)55)48-37(10-7-11-43(33)59-54(32)56)41(25-57-3)50(62)53-40(48)14-15-44-46(65-53)28-68-67-27-31-8-6-9-35(19-31)58-44/h12-15,20-22,30-31,35,42,44,46,51,54,57-59,61-62H,5-6,8-10,16-19,23-28,56H2,1-4H3. The highest BCUT2D eigenvalue weighted by atomic mass is 33.1. The summed E-state index contributed by atoms with van der Waals surface area (Å²) in [5.41, 5.74) is 18.0. The first kappa shape index (κ1) is 45.7. The molecule has 358 valence electrons. The van der Waals surface area contributed by atoms with Crippen LogP contribution in [0.2, 0.25) is 0 Å². The highest BCUT2D eigenvalue weighted by molar-refractivity contribution is 8.76. The number of nitrogens with one attached hydrogen (secondary N) is 3. The highest BCUT2D eigenvalue weighted by Gasteiger charge is 2.52. The Morgan fingerprint density at radius 3 is 2.79 bits per heavy atom. The molecule has 68 heavy (non-hydrogen) atoms. The molecule has 2 saturated carbocycles. The molecule has 8 aliphatic rings. The van der Waals surface area contributed by atoms with Gasteiger partial charge in [-0.05, 0) is 116 Å². The van der Waals surface area contributed by atoms with E-state index in [1.54, 1.807) is 13.2 Å². The monoisotopic (exact) mass is 956 g/mol. The Bertz CT molecular complexity index is 2700. The van der Waals surface area contributed by atoms with Crippen molar-refractivity contribution in [2.24, 2.45) is 17.6 Å². The molecule has 1 spiro atoms. The summed E-state index contributed by atoms with van der Waals surface area (Å²) in [7, 11) is 7.36. The topological polar surface area (TPSA) is 157 Å². The van der Waals surface area contributed by atoms with Crippen LogP contribution in [0.1, 0.15) is 123 Å². The molecular formula is C55H64N4O7S2. The molecule has 13 heteroatoms. The van der Waals surface area contributed by atoms with E-state index in [2.05, 4.69) is 65.1 Å². The van der Waals surface area contributed by atoms with Crippen molar-refractivity contribution in [3.8, 4) is 51.7 Å². The van der Waals surface area contributed by atoms with Gasteiger partial charge in [-0.25, -0.2) is 0 Å². The van der Waals surface area contributed by atoms with Gasteiger partial charge >= 0.3 is 5.97 Å². The number of fused-ring (bicyclic) bond motifs is 11. The van der Waals surface area contributed by atoms with Gasteiger partial charge in [-0.2, -0.15) is 0 Å². The average molecular weight is 957 g/mol. The van der Waals surface area contributed by atoms with Crippen LogP contribution in [0.25, 0.3) is 17.2 Å². The summed E-state index contributed by atoms with van der Waals surface area (Å²) in [5.74, 6) is 11.5. The number of carbonyl (C=O) groups is 1. The number of allylic oxidation sites excluding steroid dienone is 3. The van der Waals surface area contributed by atoms with E-state index >= 15 is 0 Å². The van der Waals surface area contributed by atoms with Crippen LogP contribution in [0.3, 0.4) is 0 Å². The fourth-order valence-electron chi connectivity index (χ4n) is 13.2. The lowest BCUT2D eigenvalue weighted by atomic mass is 9.65. The number of nitrogens with two attached hydrogens (primary N) is 1. The maximum atomic E-state index is 12.9. The molecule has 0 amide bonds. The van der Waals surface area contributed by atoms with Crippen LogP contribution in [-0.2, 0) is 34.3 Å². The second-order valence-corrected chi connectivity index (χ2v) is 22.9. The van der Waals surface area contributed by atoms with Gasteiger partial charge in [-0.3, -0.25) is 4.79 Å². The molecule has 11 rings (SSSR count). The van der Waals surface area contributed by atoms with Gasteiger partial charge in [0, 0.05) is 82.3 Å². The molecule has 3 aliphatic carbocycles. The van der Waals surface area contributed by atoms with E-state index in [0.717, 1.165) is 118 Å². The van der Waals surface area contributed by atoms with Gasteiger partial charge in [0.1, 0.15) is 36.1 Å². The second-order valence-electron chi connectivity index (χ2n) is 20.4. The van der Waals surface area contributed by atoms with Gasteiger partial charge in [-0.15, -0.1) is 0 Å². The number of phenols is 2. The number of benzene rings is 3. The Balaban J connectivity index is 1.17. The zero-order chi connectivity index (χ0) is 46.8. The number of rotatable bonds is 6. The van der Waals surface area contributed by atoms with Crippen LogP contribution in [0.4, 0.5) is 0 Å². The Labute approximate surface area is 408 Å². The minimum atomic E-state index is -0.645. The van der Waals surface area contributed by atoms with E-state index in [1.165, 1.54) is 25.3 Å². The molecule has 3 fully saturated rings. The third kappa shape index (κ3) is 8.06. The third-order valence-corrected chi connectivity index (χ3v) is 18.8. The van der Waals surface area contributed by atoms with Crippen LogP contribution in [-0.4, -0.2) is 72.8 Å². The fourth-order valence-corrected chi connectivity index (χ4v) is 15.8. The maximum absolute atomic E-state index is 12.9. The number of carbonyl (C=O) groups excluding carboxylic acids is 1. The minimum absolute atomic E-state index is 0.0922. The van der Waals surface area contributed by atoms with E-state index in [-0.39, 0.29) is 47.8 Å². The molecule has 7 N–H and O–H groups in total. The highest BCUT2D eigenvalue weighted by Crippen LogP contribution is 2.63. The molecule has 1 saturated heterocycles. The molecule has 3 aromatic carbocycles. The second kappa shape index (κ2) is 18.6. The average Bonchev–Trinajstić information content (AvgIpc) is 3.84. The number of aromatic hydroxyl groups is 2. The normalized spacial score (nSPS) is 29.8. The Hall–Kier alpha value is -4.71. The van der Waals surface area contributed by atoms with Crippen LogP contribution < -0.4 is 35.9 Å². The Morgan fingerprint density at radius 2 is 1.97 bits per heavy atom. The molecule has 9 atom stereocenters. The van der Waals surface area contributed by atoms with Crippen LogP contribution in [0.15, 0.2) is 53.3 Å². The first-order chi connectivity index (χ1) is 33.1. The summed E-state index contributed by atoms with van der Waals surface area (Å²) < 4.78 is 27.0. The molecule has 0 radical (unpaired) electrons. The summed E-state index contributed by atoms with van der Waals surface area (Å²) >= 11 is 0. The van der Waals surface area contributed by atoms with E-state index in [4.69, 9.17) is 24.7 Å². The largest absolute Gasteiger partial charge is 0.508 e. The summed E-state index contributed by atoms with van der Waals surface area (Å²) in [5, 5.41) is 34.8. The lowest BCUT2D eigenvalue weighted by Gasteiger charge is -2.39. The van der Waals surface area contributed by atoms with Gasteiger partial charge in [-0.1, -0.05) is 71.2 Å². The summed E-state index contributed by atoms with van der Waals surface area (Å²) in [6.45, 7) is 4.06. The SMILES string of the molecule is CCC1=CC2=C(C#CCc3c(CNC)c(O)c4c(c3C3Oc5c(ccc6c5C5(CCC(C2)C5)Cc2cc(O)cc(OC)c2-6)C3COC(C)=O)C=CC2NC3CCCC(CSSCC2O4)C3)NC1N. The number of hydrogen-bond acceptors (Lipinski definition) is 13. The quantitative estimate of drug-likeness (QED) is 0.0792. The summed E-state index contributed by atoms with van der Waals surface area (Å²) in [6, 6.07) is 8.27. The van der Waals surface area contributed by atoms with Crippen molar-refractivity contribution < 1.29 is 34.0 Å². The number of phenolic OH excluding ortho intramolecular Hbond substituents is 2. The van der Waals surface area contributed by atoms with Crippen molar-refractivity contribution in [1.29, 1.82) is 0 Å². The van der Waals surface area contributed by atoms with Crippen LogP contribution >= 0.6 is 21.6 Å². The fraction of sp³-hybridized carbons (Fsp3) is 0.509. The predicted molar refractivity (Wildman–Crippen MR) is 270 cm³/mol. The van der Waals surface area contributed by atoms with Crippen molar-refractivity contribution in [1.82, 2.24) is 16.0 Å². The predicted octanol–water partition coefficient (Wildman–Crippen LogP) is 8.98. The third-order valence-electron chi connectivity index (χ3n) is 16.2. The van der Waals surface area contributed by atoms with Crippen molar-refractivity contribution in [3.05, 3.63) is 92.2 Å². The molecule has 5 heterocycles. The molecule has 9 unspecified atom stereocenters. The van der Waals surface area contributed by atoms with Crippen molar-refractivity contribution in [3.63, 3.8) is 0 Å². The van der Waals surface area contributed by atoms with E-state index < -0.39 is 12.0 Å². The van der Waals surface area contributed by atoms with Crippen LogP contribution in [0, 0.1) is 23.7 Å². The maximum Gasteiger partial charge on any atom is 0.302 e. The first-order valence-electron chi connectivity index (χ1n) is 24.8. The lowest BCUT2D eigenvalue weighted by Crippen LogP contribution is -2.49. The molecular weight excluding hydrogens is 893 g/mol. The number of ether oxygens (including phenoxy) is 4. The smallest absolute Gasteiger partial charge is 0.302 e. The molecule has 0 aromatic heterocycles. The van der Waals surface area contributed by atoms with E-state index in [1.807, 2.05) is 34.7 Å². The molecule has 6 bridgehead atoms. The molecule has 5 aliphatic heterocycles. The van der Waals surface area contributed by atoms with Crippen LogP contribution in [0.5, 0.6) is 28.7 Å². The molecule has 3 aromatic rings. The number of hydrogen-bond donors (Lipinski definition) is 6. The van der Waals surface area contributed by atoms with Gasteiger partial charge in [0.25, 0.3) is 0 Å². The van der Waals surface area contributed by atoms with Gasteiger partial charge < -0.3 is 50.8 Å². The summed E-state index contributed by atoms with van der Waals surface area (Å²) in [4.78, 5) is 12.9. The van der Waals surface area contributed by atoms with Gasteiger partial charge in [0.15, 0.2) is 11.5 Å². The molecule has 11 nitrogen and oxygen atoms in total. The number of esters is 1. The van der Waals surface area contributed by atoms with Crippen molar-refractivity contribution in [2.75, 3.05) is 32.3 Å². The summed E-state index contributed by atoms with van der Waals surface area (Å²) in [6.07, 6.45) is 15.7. The number of dihydropyridines is 1. The number of methoxy groups -OCH3 is 1. The van der Waals surface area contributed by atoms with E-state index in [9.17, 15) is 15.0 Å². The van der Waals surface area contributed by atoms with Gasteiger partial charge in [0.05, 0.1) is 30.9 Å². The van der Waals surface area contributed by atoms with E-state index in [0.29, 0.717) is 54.3 Å². The lowest BCUT2D eigenvalue weighted by molar-refractivity contribution is -0.141. The van der Waals surface area contributed by atoms with Crippen molar-refractivity contribution >= 4 is 33.6 Å². The Morgan fingerprint density at radius 1 is 1.10 bits per heavy atom. The van der Waals surface area contributed by atoms with Gasteiger partial charge in [0.2, 0.25) is 0 Å².